The SMILES string of the molecule is CCC1CCCN(c2nc3ccccn3c2CN)C1. The van der Waals surface area contributed by atoms with Crippen LogP contribution in [0.2, 0.25) is 0 Å². The van der Waals surface area contributed by atoms with Crippen molar-refractivity contribution < 1.29 is 0 Å². The van der Waals surface area contributed by atoms with E-state index >= 15 is 0 Å². The molecule has 4 heteroatoms. The van der Waals surface area contributed by atoms with E-state index in [0.29, 0.717) is 6.54 Å². The van der Waals surface area contributed by atoms with Gasteiger partial charge >= 0.3 is 0 Å². The molecule has 4 nitrogen and oxygen atoms in total. The largest absolute Gasteiger partial charge is 0.355 e. The Hall–Kier alpha value is -1.55. The smallest absolute Gasteiger partial charge is 0.152 e. The molecule has 1 aliphatic rings. The van der Waals surface area contributed by atoms with Crippen LogP contribution in [-0.2, 0) is 6.54 Å². The van der Waals surface area contributed by atoms with Gasteiger partial charge in [-0.3, -0.25) is 0 Å². The van der Waals surface area contributed by atoms with Crippen molar-refractivity contribution in [3.8, 4) is 0 Å². The standard InChI is InChI=1S/C15H22N4/c1-2-12-6-5-8-18(11-12)15-13(10-16)19-9-4-3-7-14(19)17-15/h3-4,7,9,12H,2,5-6,8,10-11,16H2,1H3. The Kier molecular flexibility index (Phi) is 3.42. The number of piperidine rings is 1. The van der Waals surface area contributed by atoms with E-state index in [1.54, 1.807) is 0 Å². The fourth-order valence-electron chi connectivity index (χ4n) is 3.07. The van der Waals surface area contributed by atoms with Crippen molar-refractivity contribution in [2.75, 3.05) is 18.0 Å². The molecule has 2 N–H and O–H groups in total. The molecule has 1 fully saturated rings. The average molecular weight is 258 g/mol. The Morgan fingerprint density at radius 1 is 1.42 bits per heavy atom. The van der Waals surface area contributed by atoms with E-state index in [4.69, 9.17) is 10.7 Å². The highest BCUT2D eigenvalue weighted by Gasteiger charge is 2.23. The lowest BCUT2D eigenvalue weighted by molar-refractivity contribution is 0.403. The fraction of sp³-hybridized carbons (Fsp3) is 0.533. The van der Waals surface area contributed by atoms with Gasteiger partial charge in [0.2, 0.25) is 0 Å². The zero-order valence-corrected chi connectivity index (χ0v) is 11.5. The highest BCUT2D eigenvalue weighted by Crippen LogP contribution is 2.27. The van der Waals surface area contributed by atoms with Crippen molar-refractivity contribution in [3.05, 3.63) is 30.1 Å². The molecule has 3 rings (SSSR count). The molecule has 0 radical (unpaired) electrons. The second-order valence-corrected chi connectivity index (χ2v) is 5.38. The molecule has 1 saturated heterocycles. The van der Waals surface area contributed by atoms with E-state index in [1.807, 2.05) is 18.2 Å². The van der Waals surface area contributed by atoms with Crippen LogP contribution in [0, 0.1) is 5.92 Å². The summed E-state index contributed by atoms with van der Waals surface area (Å²) < 4.78 is 2.12. The molecule has 1 atom stereocenters. The third-order valence-electron chi connectivity index (χ3n) is 4.20. The van der Waals surface area contributed by atoms with Gasteiger partial charge in [0.05, 0.1) is 5.69 Å². The first kappa shape index (κ1) is 12.5. The number of aromatic nitrogens is 2. The summed E-state index contributed by atoms with van der Waals surface area (Å²) in [5.74, 6) is 1.89. The predicted octanol–water partition coefficient (Wildman–Crippen LogP) is 2.42. The second kappa shape index (κ2) is 5.21. The summed E-state index contributed by atoms with van der Waals surface area (Å²) in [6.07, 6.45) is 5.91. The van der Waals surface area contributed by atoms with Gasteiger partial charge in [-0.1, -0.05) is 19.4 Å². The molecule has 1 aliphatic heterocycles. The van der Waals surface area contributed by atoms with Crippen molar-refractivity contribution in [1.29, 1.82) is 0 Å². The van der Waals surface area contributed by atoms with Crippen LogP contribution in [0.25, 0.3) is 5.65 Å². The summed E-state index contributed by atoms with van der Waals surface area (Å²) in [5.41, 5.74) is 8.08. The number of fused-ring (bicyclic) bond motifs is 1. The Bertz CT molecular complexity index is 560. The zero-order chi connectivity index (χ0) is 13.2. The summed E-state index contributed by atoms with van der Waals surface area (Å²) in [4.78, 5) is 7.21. The van der Waals surface area contributed by atoms with Gasteiger partial charge in [0.15, 0.2) is 5.82 Å². The maximum absolute atomic E-state index is 5.95. The minimum atomic E-state index is 0.536. The normalized spacial score (nSPS) is 20.1. The highest BCUT2D eigenvalue weighted by molar-refractivity contribution is 5.56. The van der Waals surface area contributed by atoms with E-state index in [2.05, 4.69) is 22.4 Å². The van der Waals surface area contributed by atoms with Gasteiger partial charge in [0.1, 0.15) is 5.65 Å². The molecular formula is C15H22N4. The first-order chi connectivity index (χ1) is 9.33. The number of nitrogens with two attached hydrogens (primary N) is 1. The maximum atomic E-state index is 5.95. The number of hydrogen-bond acceptors (Lipinski definition) is 3. The van der Waals surface area contributed by atoms with Crippen LogP contribution in [0.15, 0.2) is 24.4 Å². The lowest BCUT2D eigenvalue weighted by Gasteiger charge is -2.33. The summed E-state index contributed by atoms with van der Waals surface area (Å²) >= 11 is 0. The molecule has 0 saturated carbocycles. The lowest BCUT2D eigenvalue weighted by atomic mass is 9.95. The second-order valence-electron chi connectivity index (χ2n) is 5.38. The minimum Gasteiger partial charge on any atom is -0.355 e. The van der Waals surface area contributed by atoms with Crippen LogP contribution in [0.4, 0.5) is 5.82 Å². The van der Waals surface area contributed by atoms with Gasteiger partial charge in [-0.15, -0.1) is 0 Å². The molecular weight excluding hydrogens is 236 g/mol. The van der Waals surface area contributed by atoms with E-state index < -0.39 is 0 Å². The monoisotopic (exact) mass is 258 g/mol. The van der Waals surface area contributed by atoms with Crippen LogP contribution < -0.4 is 10.6 Å². The molecule has 102 valence electrons. The lowest BCUT2D eigenvalue weighted by Crippen LogP contribution is -2.36. The van der Waals surface area contributed by atoms with Gasteiger partial charge in [0, 0.05) is 25.8 Å². The third-order valence-corrected chi connectivity index (χ3v) is 4.20. The average Bonchev–Trinajstić information content (AvgIpc) is 2.86. The number of hydrogen-bond donors (Lipinski definition) is 1. The zero-order valence-electron chi connectivity index (χ0n) is 11.5. The van der Waals surface area contributed by atoms with E-state index in [9.17, 15) is 0 Å². The van der Waals surface area contributed by atoms with Gasteiger partial charge in [0.25, 0.3) is 0 Å². The number of rotatable bonds is 3. The first-order valence-electron chi connectivity index (χ1n) is 7.24. The summed E-state index contributed by atoms with van der Waals surface area (Å²) in [5, 5.41) is 0. The van der Waals surface area contributed by atoms with Crippen molar-refractivity contribution in [1.82, 2.24) is 9.38 Å². The summed E-state index contributed by atoms with van der Waals surface area (Å²) in [7, 11) is 0. The van der Waals surface area contributed by atoms with Crippen molar-refractivity contribution in [2.45, 2.75) is 32.7 Å². The quantitative estimate of drug-likeness (QED) is 0.919. The highest BCUT2D eigenvalue weighted by atomic mass is 15.2. The molecule has 2 aromatic heterocycles. The molecule has 1 unspecified atom stereocenters. The van der Waals surface area contributed by atoms with Gasteiger partial charge in [-0.2, -0.15) is 0 Å². The Labute approximate surface area is 114 Å². The molecule has 0 aliphatic carbocycles. The minimum absolute atomic E-state index is 0.536. The predicted molar refractivity (Wildman–Crippen MR) is 78.3 cm³/mol. The van der Waals surface area contributed by atoms with Crippen molar-refractivity contribution >= 4 is 11.5 Å². The number of anilines is 1. The van der Waals surface area contributed by atoms with Crippen molar-refractivity contribution in [3.63, 3.8) is 0 Å². The van der Waals surface area contributed by atoms with E-state index in [-0.39, 0.29) is 0 Å². The number of pyridine rings is 1. The van der Waals surface area contributed by atoms with Crippen molar-refractivity contribution in [2.24, 2.45) is 11.7 Å². The van der Waals surface area contributed by atoms with Crippen LogP contribution >= 0.6 is 0 Å². The first-order valence-corrected chi connectivity index (χ1v) is 7.24. The van der Waals surface area contributed by atoms with Crippen LogP contribution in [-0.4, -0.2) is 22.5 Å². The molecule has 2 aromatic rings. The Balaban J connectivity index is 1.99. The topological polar surface area (TPSA) is 46.6 Å². The van der Waals surface area contributed by atoms with Crippen LogP contribution in [0.3, 0.4) is 0 Å². The Morgan fingerprint density at radius 2 is 2.32 bits per heavy atom. The molecule has 0 amide bonds. The van der Waals surface area contributed by atoms with E-state index in [0.717, 1.165) is 36.2 Å². The third kappa shape index (κ3) is 2.21. The maximum Gasteiger partial charge on any atom is 0.152 e. The fourth-order valence-corrected chi connectivity index (χ4v) is 3.07. The van der Waals surface area contributed by atoms with Crippen LogP contribution in [0.1, 0.15) is 31.9 Å². The molecule has 0 bridgehead atoms. The van der Waals surface area contributed by atoms with E-state index in [1.165, 1.54) is 19.3 Å². The molecule has 19 heavy (non-hydrogen) atoms. The summed E-state index contributed by atoms with van der Waals surface area (Å²) in [6, 6.07) is 6.10. The van der Waals surface area contributed by atoms with Crippen LogP contribution in [0.5, 0.6) is 0 Å². The molecule has 0 aromatic carbocycles. The van der Waals surface area contributed by atoms with Gasteiger partial charge < -0.3 is 15.0 Å². The summed E-state index contributed by atoms with van der Waals surface area (Å²) in [6.45, 7) is 5.04. The number of nitrogens with zero attached hydrogens (tertiary/aromatic N) is 3. The van der Waals surface area contributed by atoms with Gasteiger partial charge in [-0.05, 0) is 30.9 Å². The Morgan fingerprint density at radius 3 is 3.11 bits per heavy atom. The number of imidazole rings is 1. The van der Waals surface area contributed by atoms with Gasteiger partial charge in [-0.25, -0.2) is 4.98 Å². The molecule has 3 heterocycles. The molecule has 0 spiro atoms.